The molecule has 0 spiro atoms. The van der Waals surface area contributed by atoms with Crippen LogP contribution in [0.3, 0.4) is 0 Å². The third kappa shape index (κ3) is 12.8. The van der Waals surface area contributed by atoms with Crippen molar-refractivity contribution < 1.29 is 38.1 Å². The van der Waals surface area contributed by atoms with Gasteiger partial charge in [0, 0.05) is 13.6 Å². The van der Waals surface area contributed by atoms with E-state index >= 15 is 0 Å². The molecule has 0 heterocycles. The molecular formula is C21H37NO8Si. The van der Waals surface area contributed by atoms with Gasteiger partial charge in [-0.15, -0.1) is 0 Å². The molecule has 0 unspecified atom stereocenters. The number of hydrogen-bond donors (Lipinski definition) is 1. The van der Waals surface area contributed by atoms with Crippen molar-refractivity contribution in [2.24, 2.45) is 5.92 Å². The third-order valence-electron chi connectivity index (χ3n) is 4.09. The van der Waals surface area contributed by atoms with Gasteiger partial charge in [0.2, 0.25) is 0 Å². The van der Waals surface area contributed by atoms with Crippen LogP contribution in [0.15, 0.2) is 12.2 Å². The highest BCUT2D eigenvalue weighted by atomic mass is 28.3. The SMILES string of the molecule is C=C(C[C@@H](C[C@H](NC(=O)OC(C)(C)C)C(=O)OCC[Si](C)(C)C)C(=O)OC)C(=O)OC. The molecule has 2 atom stereocenters. The second kappa shape index (κ2) is 12.5. The Kier molecular flexibility index (Phi) is 11.5. The summed E-state index contributed by atoms with van der Waals surface area (Å²) in [6.07, 6.45) is -1.09. The summed E-state index contributed by atoms with van der Waals surface area (Å²) in [5, 5.41) is 2.47. The van der Waals surface area contributed by atoms with E-state index < -0.39 is 49.6 Å². The average molecular weight is 460 g/mol. The largest absolute Gasteiger partial charge is 0.469 e. The Balaban J connectivity index is 5.50. The molecule has 0 aliphatic carbocycles. The van der Waals surface area contributed by atoms with Crippen LogP contribution >= 0.6 is 0 Å². The lowest BCUT2D eigenvalue weighted by Crippen LogP contribution is -2.46. The molecule has 0 aromatic rings. The first-order chi connectivity index (χ1) is 14.1. The Morgan fingerprint density at radius 2 is 1.58 bits per heavy atom. The van der Waals surface area contributed by atoms with Crippen molar-refractivity contribution in [1.29, 1.82) is 0 Å². The van der Waals surface area contributed by atoms with Gasteiger partial charge in [-0.2, -0.15) is 0 Å². The molecule has 0 aromatic carbocycles. The van der Waals surface area contributed by atoms with E-state index in [2.05, 4.69) is 36.3 Å². The molecule has 10 heteroatoms. The topological polar surface area (TPSA) is 117 Å². The lowest BCUT2D eigenvalue weighted by atomic mass is 9.93. The zero-order chi connectivity index (χ0) is 24.4. The van der Waals surface area contributed by atoms with Crippen LogP contribution in [0, 0.1) is 5.92 Å². The van der Waals surface area contributed by atoms with Gasteiger partial charge >= 0.3 is 24.0 Å². The number of methoxy groups -OCH3 is 2. The molecule has 0 aromatic heterocycles. The van der Waals surface area contributed by atoms with Crippen LogP contribution in [-0.4, -0.2) is 64.5 Å². The lowest BCUT2D eigenvalue weighted by Gasteiger charge is -2.25. The minimum absolute atomic E-state index is 0.0426. The molecule has 0 rings (SSSR count). The summed E-state index contributed by atoms with van der Waals surface area (Å²) < 4.78 is 20.0. The Labute approximate surface area is 185 Å². The van der Waals surface area contributed by atoms with E-state index in [4.69, 9.17) is 14.2 Å². The van der Waals surface area contributed by atoms with Gasteiger partial charge in [-0.1, -0.05) is 26.2 Å². The van der Waals surface area contributed by atoms with Crippen molar-refractivity contribution in [2.75, 3.05) is 20.8 Å². The summed E-state index contributed by atoms with van der Waals surface area (Å²) in [5.41, 5.74) is -0.738. The summed E-state index contributed by atoms with van der Waals surface area (Å²) >= 11 is 0. The van der Waals surface area contributed by atoms with Gasteiger partial charge in [0.1, 0.15) is 11.6 Å². The first-order valence-electron chi connectivity index (χ1n) is 10.1. The maximum atomic E-state index is 12.7. The fourth-order valence-corrected chi connectivity index (χ4v) is 3.18. The second-order valence-corrected chi connectivity index (χ2v) is 15.1. The van der Waals surface area contributed by atoms with Gasteiger partial charge in [0.15, 0.2) is 0 Å². The molecular weight excluding hydrogens is 422 g/mol. The van der Waals surface area contributed by atoms with E-state index in [9.17, 15) is 19.2 Å². The molecule has 0 bridgehead atoms. The molecule has 178 valence electrons. The van der Waals surface area contributed by atoms with Crippen molar-refractivity contribution in [3.63, 3.8) is 0 Å². The van der Waals surface area contributed by atoms with Crippen LogP contribution in [0.4, 0.5) is 4.79 Å². The summed E-state index contributed by atoms with van der Waals surface area (Å²) in [6, 6.07) is -0.427. The number of carbonyl (C=O) groups is 4. The monoisotopic (exact) mass is 459 g/mol. The number of alkyl carbamates (subject to hydrolysis) is 1. The number of ether oxygens (including phenoxy) is 4. The molecule has 0 saturated heterocycles. The van der Waals surface area contributed by atoms with Crippen molar-refractivity contribution >= 4 is 32.1 Å². The molecule has 0 radical (unpaired) electrons. The quantitative estimate of drug-likeness (QED) is 0.217. The smallest absolute Gasteiger partial charge is 0.408 e. The Morgan fingerprint density at radius 3 is 2.03 bits per heavy atom. The highest BCUT2D eigenvalue weighted by Crippen LogP contribution is 2.20. The Hall–Kier alpha value is -2.36. The number of amides is 1. The van der Waals surface area contributed by atoms with Gasteiger partial charge < -0.3 is 24.3 Å². The van der Waals surface area contributed by atoms with Crippen LogP contribution in [0.25, 0.3) is 0 Å². The summed E-state index contributed by atoms with van der Waals surface area (Å²) in [6.45, 7) is 15.3. The second-order valence-electron chi connectivity index (χ2n) is 9.43. The number of carbonyl (C=O) groups excluding carboxylic acids is 4. The highest BCUT2D eigenvalue weighted by Gasteiger charge is 2.33. The minimum Gasteiger partial charge on any atom is -0.469 e. The number of esters is 3. The van der Waals surface area contributed by atoms with E-state index in [1.807, 2.05) is 0 Å². The van der Waals surface area contributed by atoms with Gasteiger partial charge in [0.05, 0.1) is 26.7 Å². The maximum Gasteiger partial charge on any atom is 0.408 e. The predicted octanol–water partition coefficient (Wildman–Crippen LogP) is 3.06. The highest BCUT2D eigenvalue weighted by molar-refractivity contribution is 6.76. The first-order valence-corrected chi connectivity index (χ1v) is 13.8. The molecule has 0 aliphatic heterocycles. The maximum absolute atomic E-state index is 12.7. The van der Waals surface area contributed by atoms with Crippen molar-refractivity contribution in [3.05, 3.63) is 12.2 Å². The fraction of sp³-hybridized carbons (Fsp3) is 0.714. The van der Waals surface area contributed by atoms with E-state index in [1.54, 1.807) is 20.8 Å². The van der Waals surface area contributed by atoms with Gasteiger partial charge in [0.25, 0.3) is 0 Å². The molecule has 1 amide bonds. The van der Waals surface area contributed by atoms with Crippen LogP contribution in [-0.2, 0) is 33.3 Å². The van der Waals surface area contributed by atoms with E-state index in [1.165, 1.54) is 14.2 Å². The van der Waals surface area contributed by atoms with Crippen molar-refractivity contribution in [3.8, 4) is 0 Å². The molecule has 0 saturated carbocycles. The number of hydrogen-bond acceptors (Lipinski definition) is 8. The summed E-state index contributed by atoms with van der Waals surface area (Å²) in [7, 11) is 0.948. The van der Waals surface area contributed by atoms with Crippen LogP contribution in [0.1, 0.15) is 33.6 Å². The normalized spacial score (nSPS) is 13.4. The Morgan fingerprint density at radius 1 is 1.00 bits per heavy atom. The number of nitrogens with one attached hydrogen (secondary N) is 1. The molecule has 0 fully saturated rings. The van der Waals surface area contributed by atoms with Gasteiger partial charge in [-0.3, -0.25) is 4.79 Å². The predicted molar refractivity (Wildman–Crippen MR) is 118 cm³/mol. The van der Waals surface area contributed by atoms with E-state index in [0.717, 1.165) is 6.04 Å². The van der Waals surface area contributed by atoms with E-state index in [-0.39, 0.29) is 25.0 Å². The zero-order valence-electron chi connectivity index (χ0n) is 20.0. The molecule has 0 aliphatic rings. The average Bonchev–Trinajstić information content (AvgIpc) is 2.62. The van der Waals surface area contributed by atoms with Crippen LogP contribution in [0.5, 0.6) is 0 Å². The lowest BCUT2D eigenvalue weighted by molar-refractivity contribution is -0.149. The summed E-state index contributed by atoms with van der Waals surface area (Å²) in [4.78, 5) is 48.9. The molecule has 31 heavy (non-hydrogen) atoms. The minimum atomic E-state index is -1.44. The van der Waals surface area contributed by atoms with Crippen LogP contribution < -0.4 is 5.32 Å². The zero-order valence-corrected chi connectivity index (χ0v) is 21.0. The van der Waals surface area contributed by atoms with E-state index in [0.29, 0.717) is 0 Å². The van der Waals surface area contributed by atoms with Gasteiger partial charge in [-0.05, 0) is 39.7 Å². The Bertz CT molecular complexity index is 663. The van der Waals surface area contributed by atoms with Crippen molar-refractivity contribution in [2.45, 2.75) is 70.9 Å². The fourth-order valence-electron chi connectivity index (χ4n) is 2.46. The number of rotatable bonds is 11. The standard InChI is InChI=1S/C21H37NO8Si/c1-14(17(23)27-5)12-15(18(24)28-6)13-16(22-20(26)30-21(2,3)4)19(25)29-10-11-31(7,8)9/h15-16H,1,10-13H2,2-9H3,(H,22,26)/t15-,16-/m0/s1. The third-order valence-corrected chi connectivity index (χ3v) is 5.80. The first kappa shape index (κ1) is 28.6. The van der Waals surface area contributed by atoms with Gasteiger partial charge in [-0.25, -0.2) is 14.4 Å². The van der Waals surface area contributed by atoms with Crippen LogP contribution in [0.2, 0.25) is 25.7 Å². The van der Waals surface area contributed by atoms with Crippen molar-refractivity contribution in [1.82, 2.24) is 5.32 Å². The summed E-state index contributed by atoms with van der Waals surface area (Å²) in [5.74, 6) is -2.96. The molecule has 1 N–H and O–H groups in total. The molecule has 9 nitrogen and oxygen atoms in total.